The number of hydrogen-bond donors (Lipinski definition) is 1. The molecule has 1 aliphatic heterocycles. The van der Waals surface area contributed by atoms with E-state index in [1.54, 1.807) is 0 Å². The summed E-state index contributed by atoms with van der Waals surface area (Å²) in [5.41, 5.74) is 0.277. The molecular formula is C17H34N2. The highest BCUT2D eigenvalue weighted by atomic mass is 15.2. The minimum atomic E-state index is 0.277. The van der Waals surface area contributed by atoms with Gasteiger partial charge in [0.15, 0.2) is 0 Å². The van der Waals surface area contributed by atoms with Crippen LogP contribution in [0.25, 0.3) is 0 Å². The second-order valence-electron chi connectivity index (χ2n) is 7.67. The van der Waals surface area contributed by atoms with Gasteiger partial charge in [0.1, 0.15) is 0 Å². The van der Waals surface area contributed by atoms with Crippen LogP contribution in [0, 0.1) is 5.92 Å². The topological polar surface area (TPSA) is 15.3 Å². The molecule has 2 atom stereocenters. The third-order valence-electron chi connectivity index (χ3n) is 4.89. The zero-order chi connectivity index (χ0) is 13.7. The van der Waals surface area contributed by atoms with Crippen molar-refractivity contribution in [1.29, 1.82) is 0 Å². The van der Waals surface area contributed by atoms with E-state index in [9.17, 15) is 0 Å². The first-order valence-electron chi connectivity index (χ1n) is 8.55. The van der Waals surface area contributed by atoms with Crippen LogP contribution in [0.15, 0.2) is 0 Å². The molecule has 0 bridgehead atoms. The minimum Gasteiger partial charge on any atom is -0.312 e. The zero-order valence-corrected chi connectivity index (χ0v) is 13.4. The molecular weight excluding hydrogens is 232 g/mol. The van der Waals surface area contributed by atoms with Crippen molar-refractivity contribution in [2.24, 2.45) is 5.92 Å². The van der Waals surface area contributed by atoms with Crippen molar-refractivity contribution in [2.75, 3.05) is 19.6 Å². The lowest BCUT2D eigenvalue weighted by Crippen LogP contribution is -2.47. The van der Waals surface area contributed by atoms with E-state index in [1.165, 1.54) is 71.0 Å². The van der Waals surface area contributed by atoms with Gasteiger partial charge in [-0.1, -0.05) is 12.8 Å². The maximum Gasteiger partial charge on any atom is 0.0123 e. The first-order chi connectivity index (χ1) is 9.06. The number of unbranched alkanes of at least 4 members (excludes halogenated alkanes) is 1. The van der Waals surface area contributed by atoms with Crippen LogP contribution >= 0.6 is 0 Å². The molecule has 0 radical (unpaired) electrons. The van der Waals surface area contributed by atoms with Gasteiger partial charge in [-0.3, -0.25) is 0 Å². The van der Waals surface area contributed by atoms with Gasteiger partial charge >= 0.3 is 0 Å². The van der Waals surface area contributed by atoms with Crippen LogP contribution in [0.3, 0.4) is 0 Å². The Morgan fingerprint density at radius 1 is 1.00 bits per heavy atom. The molecule has 2 heteroatoms. The smallest absolute Gasteiger partial charge is 0.0123 e. The van der Waals surface area contributed by atoms with Crippen molar-refractivity contribution >= 4 is 0 Å². The molecule has 112 valence electrons. The molecule has 0 unspecified atom stereocenters. The molecule has 19 heavy (non-hydrogen) atoms. The molecule has 1 heterocycles. The molecule has 0 spiro atoms. The van der Waals surface area contributed by atoms with Crippen LogP contribution in [-0.4, -0.2) is 36.1 Å². The van der Waals surface area contributed by atoms with Crippen molar-refractivity contribution < 1.29 is 0 Å². The molecule has 1 N–H and O–H groups in total. The predicted octanol–water partition coefficient (Wildman–Crippen LogP) is 3.81. The molecule has 1 saturated heterocycles. The average molecular weight is 266 g/mol. The Morgan fingerprint density at radius 3 is 2.53 bits per heavy atom. The fourth-order valence-corrected chi connectivity index (χ4v) is 3.91. The van der Waals surface area contributed by atoms with Crippen LogP contribution in [0.2, 0.25) is 0 Å². The maximum absolute atomic E-state index is 3.60. The molecule has 2 fully saturated rings. The molecule has 0 amide bonds. The number of piperidine rings is 1. The van der Waals surface area contributed by atoms with Crippen molar-refractivity contribution in [3.8, 4) is 0 Å². The Hall–Kier alpha value is -0.0800. The van der Waals surface area contributed by atoms with Gasteiger partial charge in [-0.25, -0.2) is 0 Å². The Bertz CT molecular complexity index is 254. The Labute approximate surface area is 120 Å². The molecule has 0 aromatic heterocycles. The summed E-state index contributed by atoms with van der Waals surface area (Å²) in [4.78, 5) is 2.82. The normalized spacial score (nSPS) is 29.2. The SMILES string of the molecule is CC(C)(C)NCCCCN1CCC[C@H]2CCCC[C@H]21. The summed E-state index contributed by atoms with van der Waals surface area (Å²) < 4.78 is 0. The second kappa shape index (κ2) is 7.08. The molecule has 1 saturated carbocycles. The van der Waals surface area contributed by atoms with E-state index in [-0.39, 0.29) is 5.54 Å². The van der Waals surface area contributed by atoms with E-state index < -0.39 is 0 Å². The van der Waals surface area contributed by atoms with Crippen LogP contribution in [-0.2, 0) is 0 Å². The molecule has 0 aromatic rings. The Kier molecular flexibility index (Phi) is 5.70. The van der Waals surface area contributed by atoms with Gasteiger partial charge in [-0.05, 0) is 84.8 Å². The molecule has 1 aliphatic carbocycles. The summed E-state index contributed by atoms with van der Waals surface area (Å²) >= 11 is 0. The summed E-state index contributed by atoms with van der Waals surface area (Å²) in [6.07, 6.45) is 11.6. The summed E-state index contributed by atoms with van der Waals surface area (Å²) in [5.74, 6) is 1.04. The van der Waals surface area contributed by atoms with E-state index in [1.807, 2.05) is 0 Å². The average Bonchev–Trinajstić information content (AvgIpc) is 2.37. The first kappa shape index (κ1) is 15.3. The lowest BCUT2D eigenvalue weighted by molar-refractivity contribution is 0.0596. The molecule has 2 nitrogen and oxygen atoms in total. The van der Waals surface area contributed by atoms with Gasteiger partial charge in [0.25, 0.3) is 0 Å². The van der Waals surface area contributed by atoms with Gasteiger partial charge in [0, 0.05) is 11.6 Å². The van der Waals surface area contributed by atoms with Crippen LogP contribution < -0.4 is 5.32 Å². The Morgan fingerprint density at radius 2 is 1.74 bits per heavy atom. The van der Waals surface area contributed by atoms with E-state index in [4.69, 9.17) is 0 Å². The Balaban J connectivity index is 1.64. The number of likely N-dealkylation sites (tertiary alicyclic amines) is 1. The highest BCUT2D eigenvalue weighted by Crippen LogP contribution is 2.35. The highest BCUT2D eigenvalue weighted by Gasteiger charge is 2.32. The molecule has 2 aliphatic rings. The minimum absolute atomic E-state index is 0.277. The number of hydrogen-bond acceptors (Lipinski definition) is 2. The number of nitrogens with one attached hydrogen (secondary N) is 1. The van der Waals surface area contributed by atoms with E-state index >= 15 is 0 Å². The quantitative estimate of drug-likeness (QED) is 0.761. The number of fused-ring (bicyclic) bond motifs is 1. The van der Waals surface area contributed by atoms with Gasteiger partial charge in [-0.15, -0.1) is 0 Å². The van der Waals surface area contributed by atoms with E-state index in [0.29, 0.717) is 0 Å². The molecule has 0 aromatic carbocycles. The van der Waals surface area contributed by atoms with Crippen LogP contribution in [0.1, 0.15) is 72.1 Å². The maximum atomic E-state index is 3.60. The van der Waals surface area contributed by atoms with Crippen molar-refractivity contribution in [2.45, 2.75) is 83.7 Å². The summed E-state index contributed by atoms with van der Waals surface area (Å²) in [6, 6.07) is 0.943. The standard InChI is InChI=1S/C17H34N2/c1-17(2,3)18-12-6-7-13-19-14-8-10-15-9-4-5-11-16(15)19/h15-16,18H,4-14H2,1-3H3/t15-,16-/m1/s1. The first-order valence-corrected chi connectivity index (χ1v) is 8.55. The van der Waals surface area contributed by atoms with E-state index in [0.717, 1.165) is 12.0 Å². The highest BCUT2D eigenvalue weighted by molar-refractivity contribution is 4.87. The largest absolute Gasteiger partial charge is 0.312 e. The monoisotopic (exact) mass is 266 g/mol. The summed E-state index contributed by atoms with van der Waals surface area (Å²) in [6.45, 7) is 10.6. The fourth-order valence-electron chi connectivity index (χ4n) is 3.91. The number of rotatable bonds is 5. The van der Waals surface area contributed by atoms with Gasteiger partial charge in [0.05, 0.1) is 0 Å². The second-order valence-corrected chi connectivity index (χ2v) is 7.67. The third-order valence-corrected chi connectivity index (χ3v) is 4.89. The fraction of sp³-hybridized carbons (Fsp3) is 1.00. The van der Waals surface area contributed by atoms with Gasteiger partial charge in [0.2, 0.25) is 0 Å². The number of nitrogens with zero attached hydrogens (tertiary/aromatic N) is 1. The molecule has 2 rings (SSSR count). The lowest BCUT2D eigenvalue weighted by atomic mass is 9.78. The van der Waals surface area contributed by atoms with Crippen molar-refractivity contribution in [1.82, 2.24) is 10.2 Å². The van der Waals surface area contributed by atoms with Gasteiger partial charge in [-0.2, -0.15) is 0 Å². The van der Waals surface area contributed by atoms with Gasteiger partial charge < -0.3 is 10.2 Å². The lowest BCUT2D eigenvalue weighted by Gasteiger charge is -2.44. The summed E-state index contributed by atoms with van der Waals surface area (Å²) in [7, 11) is 0. The van der Waals surface area contributed by atoms with Crippen LogP contribution in [0.5, 0.6) is 0 Å². The summed E-state index contributed by atoms with van der Waals surface area (Å²) in [5, 5.41) is 3.60. The predicted molar refractivity (Wildman–Crippen MR) is 83.5 cm³/mol. The van der Waals surface area contributed by atoms with Crippen LogP contribution in [0.4, 0.5) is 0 Å². The van der Waals surface area contributed by atoms with E-state index in [2.05, 4.69) is 31.0 Å². The third kappa shape index (κ3) is 5.07. The van der Waals surface area contributed by atoms with Crippen molar-refractivity contribution in [3.63, 3.8) is 0 Å². The van der Waals surface area contributed by atoms with Crippen molar-refractivity contribution in [3.05, 3.63) is 0 Å². The zero-order valence-electron chi connectivity index (χ0n) is 13.4.